The van der Waals surface area contributed by atoms with Crippen molar-refractivity contribution in [2.45, 2.75) is 40.3 Å². The lowest BCUT2D eigenvalue weighted by Gasteiger charge is -2.29. The van der Waals surface area contributed by atoms with E-state index in [4.69, 9.17) is 4.98 Å². The van der Waals surface area contributed by atoms with E-state index in [0.29, 0.717) is 5.92 Å². The van der Waals surface area contributed by atoms with Crippen LogP contribution in [-0.2, 0) is 18.4 Å². The van der Waals surface area contributed by atoms with Crippen molar-refractivity contribution in [2.75, 3.05) is 26.7 Å². The molecule has 4 rings (SSSR count). The number of likely N-dealkylation sites (N-methyl/N-ethyl adjacent to an activating group) is 1. The van der Waals surface area contributed by atoms with E-state index in [-0.39, 0.29) is 6.04 Å². The van der Waals surface area contributed by atoms with Gasteiger partial charge in [0.2, 0.25) is 0 Å². The van der Waals surface area contributed by atoms with Gasteiger partial charge in [-0.15, -0.1) is 0 Å². The van der Waals surface area contributed by atoms with E-state index in [2.05, 4.69) is 66.0 Å². The summed E-state index contributed by atoms with van der Waals surface area (Å²) in [6.07, 6.45) is 8.57. The van der Waals surface area contributed by atoms with Crippen LogP contribution in [-0.4, -0.2) is 73.2 Å². The van der Waals surface area contributed by atoms with E-state index >= 15 is 0 Å². The van der Waals surface area contributed by atoms with Crippen LogP contribution in [0.1, 0.15) is 31.9 Å². The molecule has 1 aromatic carbocycles. The first-order valence-electron chi connectivity index (χ1n) is 12.6. The van der Waals surface area contributed by atoms with Gasteiger partial charge in [-0.1, -0.05) is 26.0 Å². The molecular weight excluding hydrogens is 450 g/mol. The molecule has 1 atom stereocenters. The number of hydrogen-bond donors (Lipinski definition) is 0. The smallest absolute Gasteiger partial charge is 0.136 e. The second kappa shape index (κ2) is 11.1. The average molecular weight is 488 g/mol. The van der Waals surface area contributed by atoms with Crippen LogP contribution in [0.4, 0.5) is 0 Å². The van der Waals surface area contributed by atoms with Gasteiger partial charge in [0.1, 0.15) is 6.29 Å². The highest BCUT2D eigenvalue weighted by atomic mass is 16.1. The maximum atomic E-state index is 11.4. The van der Waals surface area contributed by atoms with Crippen LogP contribution in [0, 0.1) is 12.8 Å². The molecule has 0 fully saturated rings. The van der Waals surface area contributed by atoms with Crippen LogP contribution in [0.2, 0.25) is 0 Å². The molecule has 0 bridgehead atoms. The Balaban J connectivity index is 1.52. The highest BCUT2D eigenvalue weighted by Crippen LogP contribution is 2.28. The topological polar surface area (TPSA) is 71.6 Å². The summed E-state index contributed by atoms with van der Waals surface area (Å²) in [5, 5.41) is 8.76. The molecule has 0 N–H and O–H groups in total. The zero-order chi connectivity index (χ0) is 25.8. The summed E-state index contributed by atoms with van der Waals surface area (Å²) in [5.41, 5.74) is 7.26. The van der Waals surface area contributed by atoms with Gasteiger partial charge in [0, 0.05) is 50.6 Å². The molecule has 3 aromatic heterocycles. The van der Waals surface area contributed by atoms with Gasteiger partial charge in [-0.25, -0.2) is 9.50 Å². The number of carbonyl (C=O) groups excluding carboxylic acids is 1. The molecule has 0 saturated carbocycles. The lowest BCUT2D eigenvalue weighted by atomic mass is 10.0. The molecule has 0 radical (unpaired) electrons. The Morgan fingerprint density at radius 3 is 2.53 bits per heavy atom. The first kappa shape index (κ1) is 25.7. The summed E-state index contributed by atoms with van der Waals surface area (Å²) in [5.74, 6) is 0.528. The normalized spacial score (nSPS) is 12.8. The third kappa shape index (κ3) is 5.88. The van der Waals surface area contributed by atoms with Crippen LogP contribution < -0.4 is 0 Å². The number of hydrogen-bond acceptors (Lipinski definition) is 6. The van der Waals surface area contributed by atoms with Crippen LogP contribution >= 0.6 is 0 Å². The molecule has 0 amide bonds. The van der Waals surface area contributed by atoms with Gasteiger partial charge in [-0.05, 0) is 50.1 Å². The lowest BCUT2D eigenvalue weighted by molar-refractivity contribution is -0.112. The number of rotatable bonds is 11. The fourth-order valence-electron chi connectivity index (χ4n) is 4.54. The second-order valence-electron chi connectivity index (χ2n) is 10.2. The predicted octanol–water partition coefficient (Wildman–Crippen LogP) is 4.08. The first-order chi connectivity index (χ1) is 17.2. The fraction of sp³-hybridized carbons (Fsp3) is 0.429. The summed E-state index contributed by atoms with van der Waals surface area (Å²) >= 11 is 0. The maximum Gasteiger partial charge on any atom is 0.136 e. The fourth-order valence-corrected chi connectivity index (χ4v) is 4.54. The summed E-state index contributed by atoms with van der Waals surface area (Å²) in [6.45, 7) is 12.1. The number of benzene rings is 1. The summed E-state index contributed by atoms with van der Waals surface area (Å²) in [7, 11) is 4.04. The average Bonchev–Trinajstić information content (AvgIpc) is 3.50. The Hall–Kier alpha value is -3.36. The van der Waals surface area contributed by atoms with Gasteiger partial charge in [0.05, 0.1) is 41.5 Å². The van der Waals surface area contributed by atoms with Crippen molar-refractivity contribution in [3.05, 3.63) is 60.2 Å². The van der Waals surface area contributed by atoms with E-state index in [1.165, 1.54) is 11.1 Å². The highest BCUT2D eigenvalue weighted by molar-refractivity contribution is 5.79. The van der Waals surface area contributed by atoms with Crippen molar-refractivity contribution in [3.63, 3.8) is 0 Å². The van der Waals surface area contributed by atoms with Gasteiger partial charge in [0.25, 0.3) is 0 Å². The molecule has 0 spiro atoms. The van der Waals surface area contributed by atoms with E-state index in [9.17, 15) is 4.79 Å². The Morgan fingerprint density at radius 2 is 1.86 bits per heavy atom. The molecule has 0 aliphatic rings. The highest BCUT2D eigenvalue weighted by Gasteiger charge is 2.16. The number of fused-ring (bicyclic) bond motifs is 1. The minimum absolute atomic E-state index is 0.0582. The molecule has 3 heterocycles. The minimum atomic E-state index is -0.0582. The lowest BCUT2D eigenvalue weighted by Crippen LogP contribution is -2.41. The standard InChI is InChI=1S/C28H37N7O/c1-20(2)15-34(22(4)19-36)12-11-32(5)16-24-8-7-23(13-21(24)3)28-27-9-10-29-35(27)18-26(31-28)25-14-30-33(6)17-25/h7-10,13-14,17-20,22H,11-12,15-16H2,1-6H3. The molecule has 0 saturated heterocycles. The molecule has 8 heteroatoms. The van der Waals surface area contributed by atoms with Crippen LogP contribution in [0.3, 0.4) is 0 Å². The number of aldehydes is 1. The van der Waals surface area contributed by atoms with Gasteiger partial charge in [-0.2, -0.15) is 10.2 Å². The van der Waals surface area contributed by atoms with Crippen molar-refractivity contribution in [2.24, 2.45) is 13.0 Å². The summed E-state index contributed by atoms with van der Waals surface area (Å²) < 4.78 is 3.66. The summed E-state index contributed by atoms with van der Waals surface area (Å²) in [6, 6.07) is 8.50. The van der Waals surface area contributed by atoms with E-state index in [1.807, 2.05) is 43.1 Å². The molecule has 0 aliphatic carbocycles. The van der Waals surface area contributed by atoms with Crippen LogP contribution in [0.25, 0.3) is 28.0 Å². The Morgan fingerprint density at radius 1 is 1.06 bits per heavy atom. The SMILES string of the molecule is Cc1cc(-c2nc(-c3cnn(C)c3)cn3nccc23)ccc1CN(C)CCN(CC(C)C)C(C)C=O. The Kier molecular flexibility index (Phi) is 7.96. The molecule has 4 aromatic rings. The summed E-state index contributed by atoms with van der Waals surface area (Å²) in [4.78, 5) is 20.9. The third-order valence-electron chi connectivity index (χ3n) is 6.59. The maximum absolute atomic E-state index is 11.4. The van der Waals surface area contributed by atoms with Crippen LogP contribution in [0.5, 0.6) is 0 Å². The van der Waals surface area contributed by atoms with E-state index in [1.54, 1.807) is 10.9 Å². The van der Waals surface area contributed by atoms with Crippen molar-refractivity contribution >= 4 is 11.8 Å². The van der Waals surface area contributed by atoms with Crippen molar-refractivity contribution in [1.82, 2.24) is 34.2 Å². The van der Waals surface area contributed by atoms with E-state index < -0.39 is 0 Å². The zero-order valence-electron chi connectivity index (χ0n) is 22.2. The third-order valence-corrected chi connectivity index (χ3v) is 6.59. The number of aromatic nitrogens is 5. The Labute approximate surface area is 213 Å². The van der Waals surface area contributed by atoms with E-state index in [0.717, 1.165) is 60.5 Å². The largest absolute Gasteiger partial charge is 0.302 e. The monoisotopic (exact) mass is 487 g/mol. The van der Waals surface area contributed by atoms with Gasteiger partial charge in [0.15, 0.2) is 0 Å². The zero-order valence-corrected chi connectivity index (χ0v) is 22.2. The molecule has 190 valence electrons. The molecule has 8 nitrogen and oxygen atoms in total. The molecular formula is C28H37N7O. The number of carbonyl (C=O) groups is 1. The van der Waals surface area contributed by atoms with Crippen molar-refractivity contribution in [3.8, 4) is 22.5 Å². The first-order valence-corrected chi connectivity index (χ1v) is 12.6. The van der Waals surface area contributed by atoms with Crippen molar-refractivity contribution in [1.29, 1.82) is 0 Å². The van der Waals surface area contributed by atoms with Crippen LogP contribution in [0.15, 0.2) is 49.1 Å². The molecule has 36 heavy (non-hydrogen) atoms. The van der Waals surface area contributed by atoms with Crippen molar-refractivity contribution < 1.29 is 4.79 Å². The molecule has 0 aliphatic heterocycles. The predicted molar refractivity (Wildman–Crippen MR) is 144 cm³/mol. The molecule has 1 unspecified atom stereocenters. The number of nitrogens with zero attached hydrogens (tertiary/aromatic N) is 7. The van der Waals surface area contributed by atoms with Gasteiger partial charge in [-0.3, -0.25) is 9.58 Å². The quantitative estimate of drug-likeness (QED) is 0.297. The minimum Gasteiger partial charge on any atom is -0.302 e. The number of aryl methyl sites for hydroxylation is 2. The van der Waals surface area contributed by atoms with Gasteiger partial charge < -0.3 is 9.69 Å². The Bertz CT molecular complexity index is 1320. The van der Waals surface area contributed by atoms with Gasteiger partial charge >= 0.3 is 0 Å². The second-order valence-corrected chi connectivity index (χ2v) is 10.2.